The Morgan fingerprint density at radius 3 is 2.59 bits per heavy atom. The second kappa shape index (κ2) is 7.09. The molecule has 0 radical (unpaired) electrons. The number of hydrogen-bond acceptors (Lipinski definition) is 2. The smallest absolute Gasteiger partial charge is 0.193 e. The maximum atomic E-state index is 13.0. The highest BCUT2D eigenvalue weighted by Gasteiger charge is 2.31. The van der Waals surface area contributed by atoms with Gasteiger partial charge >= 0.3 is 0 Å². The molecule has 2 rings (SSSR count). The fourth-order valence-electron chi connectivity index (χ4n) is 2.82. The molecule has 0 aliphatic carbocycles. The van der Waals surface area contributed by atoms with Crippen molar-refractivity contribution in [2.75, 3.05) is 33.8 Å². The molecule has 1 unspecified atom stereocenters. The minimum Gasteiger partial charge on any atom is -0.375 e. The van der Waals surface area contributed by atoms with Crippen molar-refractivity contribution < 1.29 is 9.13 Å². The van der Waals surface area contributed by atoms with E-state index >= 15 is 0 Å². The number of benzene rings is 1. The average molecular weight is 307 g/mol. The predicted octanol–water partition coefficient (Wildman–Crippen LogP) is 2.82. The van der Waals surface area contributed by atoms with Gasteiger partial charge in [-0.25, -0.2) is 4.39 Å². The standard InChI is InChI=1S/C17H26FN3O/c1-17(2)9-10-21(12-17)16(19-3)20-11-15(22-4)13-5-7-14(18)8-6-13/h5-8,15H,9-12H2,1-4H3,(H,19,20). The van der Waals surface area contributed by atoms with Crippen molar-refractivity contribution in [3.05, 3.63) is 35.6 Å². The Labute approximate surface area is 132 Å². The Morgan fingerprint density at radius 2 is 2.09 bits per heavy atom. The predicted molar refractivity (Wildman–Crippen MR) is 87.5 cm³/mol. The number of rotatable bonds is 4. The van der Waals surface area contributed by atoms with E-state index in [2.05, 4.69) is 29.1 Å². The molecule has 1 fully saturated rings. The second-order valence-corrected chi connectivity index (χ2v) is 6.54. The lowest BCUT2D eigenvalue weighted by atomic mass is 9.93. The molecule has 1 atom stereocenters. The number of methoxy groups -OCH3 is 1. The molecule has 1 saturated heterocycles. The molecule has 0 aromatic heterocycles. The van der Waals surface area contributed by atoms with Gasteiger partial charge in [0.1, 0.15) is 5.82 Å². The minimum atomic E-state index is -0.235. The molecule has 1 aliphatic rings. The van der Waals surface area contributed by atoms with Crippen LogP contribution in [0.25, 0.3) is 0 Å². The number of nitrogens with zero attached hydrogens (tertiary/aromatic N) is 2. The third-order valence-corrected chi connectivity index (χ3v) is 4.16. The van der Waals surface area contributed by atoms with E-state index in [1.165, 1.54) is 18.6 Å². The highest BCUT2D eigenvalue weighted by Crippen LogP contribution is 2.28. The molecule has 0 saturated carbocycles. The molecule has 1 aromatic carbocycles. The molecule has 122 valence electrons. The van der Waals surface area contributed by atoms with Crippen LogP contribution in [0.1, 0.15) is 31.9 Å². The van der Waals surface area contributed by atoms with Crippen LogP contribution in [-0.2, 0) is 4.74 Å². The first-order chi connectivity index (χ1) is 10.4. The maximum Gasteiger partial charge on any atom is 0.193 e. The highest BCUT2D eigenvalue weighted by atomic mass is 19.1. The zero-order valence-electron chi connectivity index (χ0n) is 13.9. The Hall–Kier alpha value is -1.62. The van der Waals surface area contributed by atoms with Crippen LogP contribution < -0.4 is 5.32 Å². The van der Waals surface area contributed by atoms with Gasteiger partial charge in [-0.1, -0.05) is 26.0 Å². The molecular formula is C17H26FN3O. The van der Waals surface area contributed by atoms with Crippen molar-refractivity contribution in [1.29, 1.82) is 0 Å². The quantitative estimate of drug-likeness (QED) is 0.686. The minimum absolute atomic E-state index is 0.132. The van der Waals surface area contributed by atoms with Crippen molar-refractivity contribution in [2.24, 2.45) is 10.4 Å². The van der Waals surface area contributed by atoms with E-state index in [4.69, 9.17) is 4.74 Å². The first-order valence-corrected chi connectivity index (χ1v) is 7.69. The summed E-state index contributed by atoms with van der Waals surface area (Å²) in [4.78, 5) is 6.64. The largest absolute Gasteiger partial charge is 0.375 e. The van der Waals surface area contributed by atoms with Gasteiger partial charge in [0.15, 0.2) is 5.96 Å². The van der Waals surface area contributed by atoms with E-state index in [1.54, 1.807) is 26.3 Å². The van der Waals surface area contributed by atoms with Gasteiger partial charge in [0, 0.05) is 33.8 Å². The molecule has 22 heavy (non-hydrogen) atoms. The Morgan fingerprint density at radius 1 is 1.41 bits per heavy atom. The lowest BCUT2D eigenvalue weighted by Crippen LogP contribution is -2.42. The Kier molecular flexibility index (Phi) is 5.40. The van der Waals surface area contributed by atoms with Gasteiger partial charge in [0.05, 0.1) is 6.10 Å². The van der Waals surface area contributed by atoms with E-state index < -0.39 is 0 Å². The molecular weight excluding hydrogens is 281 g/mol. The van der Waals surface area contributed by atoms with Gasteiger partial charge in [0.25, 0.3) is 0 Å². The summed E-state index contributed by atoms with van der Waals surface area (Å²) in [7, 11) is 3.46. The van der Waals surface area contributed by atoms with E-state index in [9.17, 15) is 4.39 Å². The fourth-order valence-corrected chi connectivity index (χ4v) is 2.82. The number of ether oxygens (including phenoxy) is 1. The van der Waals surface area contributed by atoms with Crippen molar-refractivity contribution in [3.8, 4) is 0 Å². The summed E-state index contributed by atoms with van der Waals surface area (Å²) in [5, 5.41) is 3.37. The summed E-state index contributed by atoms with van der Waals surface area (Å²) in [6.07, 6.45) is 1.03. The maximum absolute atomic E-state index is 13.0. The van der Waals surface area contributed by atoms with Gasteiger partial charge in [-0.2, -0.15) is 0 Å². The first-order valence-electron chi connectivity index (χ1n) is 7.69. The van der Waals surface area contributed by atoms with Crippen LogP contribution in [0, 0.1) is 11.2 Å². The Balaban J connectivity index is 1.95. The third-order valence-electron chi connectivity index (χ3n) is 4.16. The summed E-state index contributed by atoms with van der Waals surface area (Å²) in [5.74, 6) is 0.663. The van der Waals surface area contributed by atoms with Crippen molar-refractivity contribution >= 4 is 5.96 Å². The summed E-state index contributed by atoms with van der Waals surface area (Å²) in [5.41, 5.74) is 1.28. The van der Waals surface area contributed by atoms with Gasteiger partial charge in [-0.3, -0.25) is 4.99 Å². The van der Waals surface area contributed by atoms with E-state index in [0.717, 1.165) is 24.6 Å². The highest BCUT2D eigenvalue weighted by molar-refractivity contribution is 5.80. The average Bonchev–Trinajstić information content (AvgIpc) is 2.85. The lowest BCUT2D eigenvalue weighted by Gasteiger charge is -2.25. The zero-order chi connectivity index (χ0) is 16.2. The van der Waals surface area contributed by atoms with Crippen LogP contribution in [0.3, 0.4) is 0 Å². The van der Waals surface area contributed by atoms with Gasteiger partial charge in [-0.15, -0.1) is 0 Å². The SMILES string of the molecule is CN=C(NCC(OC)c1ccc(F)cc1)N1CCC(C)(C)C1. The number of halogens is 1. The summed E-state index contributed by atoms with van der Waals surface area (Å²) in [6.45, 7) is 7.17. The lowest BCUT2D eigenvalue weighted by molar-refractivity contribution is 0.106. The molecule has 1 aromatic rings. The van der Waals surface area contributed by atoms with Gasteiger partial charge in [0.2, 0.25) is 0 Å². The summed E-state index contributed by atoms with van der Waals surface area (Å²) < 4.78 is 18.5. The van der Waals surface area contributed by atoms with E-state index in [-0.39, 0.29) is 11.9 Å². The van der Waals surface area contributed by atoms with Crippen molar-refractivity contribution in [3.63, 3.8) is 0 Å². The summed E-state index contributed by atoms with van der Waals surface area (Å²) in [6, 6.07) is 6.43. The molecule has 0 bridgehead atoms. The van der Waals surface area contributed by atoms with Gasteiger partial charge in [-0.05, 0) is 29.5 Å². The number of aliphatic imine (C=N–C) groups is 1. The van der Waals surface area contributed by atoms with Crippen LogP contribution in [-0.4, -0.2) is 44.7 Å². The molecule has 1 N–H and O–H groups in total. The monoisotopic (exact) mass is 307 g/mol. The molecule has 0 spiro atoms. The van der Waals surface area contributed by atoms with Gasteiger partial charge < -0.3 is 15.0 Å². The number of hydrogen-bond donors (Lipinski definition) is 1. The van der Waals surface area contributed by atoms with E-state index in [1.807, 2.05) is 0 Å². The zero-order valence-corrected chi connectivity index (χ0v) is 13.9. The van der Waals surface area contributed by atoms with Crippen LogP contribution in [0.4, 0.5) is 4.39 Å². The topological polar surface area (TPSA) is 36.9 Å². The second-order valence-electron chi connectivity index (χ2n) is 6.54. The molecule has 1 aliphatic heterocycles. The van der Waals surface area contributed by atoms with Crippen molar-refractivity contribution in [1.82, 2.24) is 10.2 Å². The van der Waals surface area contributed by atoms with Crippen LogP contribution >= 0.6 is 0 Å². The van der Waals surface area contributed by atoms with Crippen molar-refractivity contribution in [2.45, 2.75) is 26.4 Å². The molecule has 0 amide bonds. The van der Waals surface area contributed by atoms with Crippen LogP contribution in [0.5, 0.6) is 0 Å². The normalized spacial score (nSPS) is 19.3. The van der Waals surface area contributed by atoms with Crippen LogP contribution in [0.2, 0.25) is 0 Å². The first kappa shape index (κ1) is 16.7. The fraction of sp³-hybridized carbons (Fsp3) is 0.588. The molecule has 4 nitrogen and oxygen atoms in total. The molecule has 1 heterocycles. The van der Waals surface area contributed by atoms with E-state index in [0.29, 0.717) is 12.0 Å². The number of nitrogens with one attached hydrogen (secondary N) is 1. The summed E-state index contributed by atoms with van der Waals surface area (Å²) >= 11 is 0. The number of guanidine groups is 1. The van der Waals surface area contributed by atoms with Crippen LogP contribution in [0.15, 0.2) is 29.3 Å². The Bertz CT molecular complexity index is 513. The molecule has 5 heteroatoms. The number of likely N-dealkylation sites (tertiary alicyclic amines) is 1. The third kappa shape index (κ3) is 4.19.